The van der Waals surface area contributed by atoms with Crippen LogP contribution in [0.5, 0.6) is 5.75 Å². The molecule has 0 spiro atoms. The Morgan fingerprint density at radius 3 is 2.73 bits per heavy atom. The number of amides is 1. The average Bonchev–Trinajstić information content (AvgIpc) is 3.40. The third-order valence-electron chi connectivity index (χ3n) is 4.92. The molecule has 9 heteroatoms. The number of rotatable bonds is 8. The van der Waals surface area contributed by atoms with Crippen molar-refractivity contribution < 1.29 is 24.0 Å². The van der Waals surface area contributed by atoms with E-state index in [-0.39, 0.29) is 18.2 Å². The number of hydrogen-bond acceptors (Lipinski definition) is 5. The highest BCUT2D eigenvalue weighted by molar-refractivity contribution is 6.32. The van der Waals surface area contributed by atoms with Crippen LogP contribution in [-0.2, 0) is 11.3 Å². The number of carboxylic acids is 1. The number of aromatic nitrogens is 2. The lowest BCUT2D eigenvalue weighted by Gasteiger charge is -2.11. The minimum atomic E-state index is -0.852. The van der Waals surface area contributed by atoms with Crippen LogP contribution in [0.2, 0.25) is 5.02 Å². The van der Waals surface area contributed by atoms with Gasteiger partial charge in [-0.1, -0.05) is 16.8 Å². The number of hydrogen-bond donors (Lipinski definition) is 2. The second kappa shape index (κ2) is 9.38. The van der Waals surface area contributed by atoms with Gasteiger partial charge in [-0.25, -0.2) is 0 Å². The van der Waals surface area contributed by atoms with Crippen LogP contribution >= 0.6 is 11.6 Å². The fourth-order valence-electron chi connectivity index (χ4n) is 3.41. The first-order chi connectivity index (χ1) is 15.8. The molecule has 0 aliphatic carbocycles. The molecule has 4 aromatic rings. The zero-order chi connectivity index (χ0) is 23.5. The Kier molecular flexibility index (Phi) is 6.37. The van der Waals surface area contributed by atoms with E-state index in [9.17, 15) is 9.59 Å². The number of aryl methyl sites for hydroxylation is 1. The van der Waals surface area contributed by atoms with Crippen LogP contribution in [0, 0.1) is 0 Å². The van der Waals surface area contributed by atoms with Gasteiger partial charge in [-0.3, -0.25) is 9.59 Å². The van der Waals surface area contributed by atoms with Crippen LogP contribution < -0.4 is 10.1 Å². The number of carbonyl (C=O) groups excluding carboxylic acids is 1. The molecule has 2 heterocycles. The van der Waals surface area contributed by atoms with E-state index in [2.05, 4.69) is 10.5 Å². The van der Waals surface area contributed by atoms with Gasteiger partial charge in [-0.05, 0) is 56.3 Å². The van der Waals surface area contributed by atoms with Crippen molar-refractivity contribution in [1.29, 1.82) is 0 Å². The molecule has 0 bridgehead atoms. The SMILES string of the molecule is CC(C)Oc1ccc(-c2cc(C(=O)Nc3ccc4c(ccn4CCC(=O)O)c3)no2)cc1Cl. The van der Waals surface area contributed by atoms with E-state index >= 15 is 0 Å². The highest BCUT2D eigenvalue weighted by atomic mass is 35.5. The Hall–Kier alpha value is -3.78. The monoisotopic (exact) mass is 467 g/mol. The molecule has 0 atom stereocenters. The average molecular weight is 468 g/mol. The maximum Gasteiger partial charge on any atom is 0.305 e. The molecule has 0 radical (unpaired) electrons. The summed E-state index contributed by atoms with van der Waals surface area (Å²) in [6.45, 7) is 4.21. The molecule has 0 saturated carbocycles. The van der Waals surface area contributed by atoms with Crippen LogP contribution in [0.15, 0.2) is 59.3 Å². The predicted molar refractivity (Wildman–Crippen MR) is 125 cm³/mol. The maximum absolute atomic E-state index is 12.7. The van der Waals surface area contributed by atoms with Crippen LogP contribution in [0.25, 0.3) is 22.2 Å². The number of fused-ring (bicyclic) bond motifs is 1. The van der Waals surface area contributed by atoms with Crippen LogP contribution in [0.3, 0.4) is 0 Å². The number of nitrogens with zero attached hydrogens (tertiary/aromatic N) is 2. The summed E-state index contributed by atoms with van der Waals surface area (Å²) in [6, 6.07) is 14.1. The Balaban J connectivity index is 1.47. The highest BCUT2D eigenvalue weighted by Crippen LogP contribution is 2.31. The summed E-state index contributed by atoms with van der Waals surface area (Å²) in [5.41, 5.74) is 2.28. The molecule has 4 rings (SSSR count). The first kappa shape index (κ1) is 22.4. The number of halogens is 1. The lowest BCUT2D eigenvalue weighted by Crippen LogP contribution is -2.12. The normalized spacial score (nSPS) is 11.2. The maximum atomic E-state index is 12.7. The van der Waals surface area contributed by atoms with E-state index in [0.29, 0.717) is 34.3 Å². The summed E-state index contributed by atoms with van der Waals surface area (Å²) in [4.78, 5) is 23.5. The Morgan fingerprint density at radius 2 is 2.00 bits per heavy atom. The molecule has 170 valence electrons. The Bertz CT molecular complexity index is 1320. The van der Waals surface area contributed by atoms with Gasteiger partial charge in [0.1, 0.15) is 5.75 Å². The van der Waals surface area contributed by atoms with Crippen LogP contribution in [0.1, 0.15) is 30.8 Å². The molecule has 2 aromatic carbocycles. The van der Waals surface area contributed by atoms with Gasteiger partial charge in [-0.2, -0.15) is 0 Å². The summed E-state index contributed by atoms with van der Waals surface area (Å²) < 4.78 is 12.8. The largest absolute Gasteiger partial charge is 0.489 e. The molecule has 0 aliphatic rings. The van der Waals surface area contributed by atoms with Gasteiger partial charge in [0.05, 0.1) is 17.5 Å². The van der Waals surface area contributed by atoms with Crippen molar-refractivity contribution in [2.75, 3.05) is 5.32 Å². The van der Waals surface area contributed by atoms with Crippen molar-refractivity contribution in [2.45, 2.75) is 32.9 Å². The second-order valence-corrected chi connectivity index (χ2v) is 8.18. The lowest BCUT2D eigenvalue weighted by molar-refractivity contribution is -0.137. The third kappa shape index (κ3) is 5.18. The first-order valence-corrected chi connectivity index (χ1v) is 10.7. The summed E-state index contributed by atoms with van der Waals surface area (Å²) in [5, 5.41) is 16.9. The summed E-state index contributed by atoms with van der Waals surface area (Å²) in [7, 11) is 0. The minimum Gasteiger partial charge on any atom is -0.489 e. The van der Waals surface area contributed by atoms with E-state index in [1.807, 2.05) is 42.8 Å². The van der Waals surface area contributed by atoms with Crippen LogP contribution in [-0.4, -0.2) is 32.8 Å². The number of ether oxygens (including phenoxy) is 1. The molecule has 1 amide bonds. The molecular formula is C24H22ClN3O5. The van der Waals surface area contributed by atoms with Crippen molar-refractivity contribution in [3.8, 4) is 17.1 Å². The van der Waals surface area contributed by atoms with Crippen molar-refractivity contribution in [1.82, 2.24) is 9.72 Å². The Labute approximate surface area is 194 Å². The number of nitrogens with one attached hydrogen (secondary N) is 1. The molecule has 33 heavy (non-hydrogen) atoms. The summed E-state index contributed by atoms with van der Waals surface area (Å²) in [6.07, 6.45) is 1.86. The highest BCUT2D eigenvalue weighted by Gasteiger charge is 2.16. The molecular weight excluding hydrogens is 446 g/mol. The number of aliphatic carboxylic acids is 1. The second-order valence-electron chi connectivity index (χ2n) is 7.77. The van der Waals surface area contributed by atoms with Gasteiger partial charge in [0.25, 0.3) is 5.91 Å². The van der Waals surface area contributed by atoms with E-state index < -0.39 is 11.9 Å². The number of carboxylic acid groups (broad SMARTS) is 1. The van der Waals surface area contributed by atoms with Gasteiger partial charge in [-0.15, -0.1) is 0 Å². The molecule has 0 saturated heterocycles. The van der Waals surface area contributed by atoms with E-state index in [1.165, 1.54) is 0 Å². The van der Waals surface area contributed by atoms with Crippen molar-refractivity contribution in [3.63, 3.8) is 0 Å². The zero-order valence-electron chi connectivity index (χ0n) is 18.0. The van der Waals surface area contributed by atoms with Gasteiger partial charge in [0.2, 0.25) is 0 Å². The van der Waals surface area contributed by atoms with Crippen LogP contribution in [0.4, 0.5) is 5.69 Å². The van der Waals surface area contributed by atoms with E-state index in [1.54, 1.807) is 30.3 Å². The van der Waals surface area contributed by atoms with Gasteiger partial charge < -0.3 is 24.3 Å². The lowest BCUT2D eigenvalue weighted by atomic mass is 10.1. The third-order valence-corrected chi connectivity index (χ3v) is 5.21. The molecule has 0 unspecified atom stereocenters. The molecule has 0 fully saturated rings. The predicted octanol–water partition coefficient (Wildman–Crippen LogP) is 5.46. The molecule has 2 aromatic heterocycles. The van der Waals surface area contributed by atoms with E-state index in [0.717, 1.165) is 10.9 Å². The molecule has 2 N–H and O–H groups in total. The molecule has 0 aliphatic heterocycles. The minimum absolute atomic E-state index is 0.00329. The first-order valence-electron chi connectivity index (χ1n) is 10.4. The standard InChI is InChI=1S/C24H22ClN3O5/c1-14(2)32-21-6-3-16(12-18(21)25)22-13-19(27-33-22)24(31)26-17-4-5-20-15(11-17)7-9-28(20)10-8-23(29)30/h3-7,9,11-14H,8,10H2,1-2H3,(H,26,31)(H,29,30). The molecule has 8 nitrogen and oxygen atoms in total. The number of anilines is 1. The van der Waals surface area contributed by atoms with Gasteiger partial charge in [0.15, 0.2) is 11.5 Å². The Morgan fingerprint density at radius 1 is 1.18 bits per heavy atom. The van der Waals surface area contributed by atoms with Crippen molar-refractivity contribution >= 4 is 40.1 Å². The fraction of sp³-hybridized carbons (Fsp3) is 0.208. The topological polar surface area (TPSA) is 107 Å². The number of benzene rings is 2. The smallest absolute Gasteiger partial charge is 0.305 e. The van der Waals surface area contributed by atoms with Crippen molar-refractivity contribution in [3.05, 3.63) is 65.4 Å². The van der Waals surface area contributed by atoms with E-state index in [4.69, 9.17) is 26.0 Å². The zero-order valence-corrected chi connectivity index (χ0v) is 18.8. The quantitative estimate of drug-likeness (QED) is 0.356. The fourth-order valence-corrected chi connectivity index (χ4v) is 3.63. The summed E-state index contributed by atoms with van der Waals surface area (Å²) >= 11 is 6.29. The van der Waals surface area contributed by atoms with Gasteiger partial charge >= 0.3 is 5.97 Å². The van der Waals surface area contributed by atoms with Crippen molar-refractivity contribution in [2.24, 2.45) is 0 Å². The number of carbonyl (C=O) groups is 2. The van der Waals surface area contributed by atoms with Gasteiger partial charge in [0, 0.05) is 41.0 Å². The summed E-state index contributed by atoms with van der Waals surface area (Å²) in [5.74, 6) is -0.292.